The molecule has 1 unspecified atom stereocenters. The van der Waals surface area contributed by atoms with Crippen molar-refractivity contribution in [2.24, 2.45) is 5.14 Å². The number of hydrogen-bond donors (Lipinski definition) is 3. The van der Waals surface area contributed by atoms with E-state index >= 15 is 0 Å². The van der Waals surface area contributed by atoms with Crippen LogP contribution in [0.3, 0.4) is 0 Å². The summed E-state index contributed by atoms with van der Waals surface area (Å²) in [5.74, 6) is -1.22. The van der Waals surface area contributed by atoms with E-state index in [4.69, 9.17) is 5.14 Å². The molecule has 3 aromatic rings. The fourth-order valence-corrected chi connectivity index (χ4v) is 4.32. The summed E-state index contributed by atoms with van der Waals surface area (Å²) in [7, 11) is -4.14. The van der Waals surface area contributed by atoms with Gasteiger partial charge in [-0.05, 0) is 42.0 Å². The Morgan fingerprint density at radius 3 is 2.35 bits per heavy atom. The van der Waals surface area contributed by atoms with Crippen LogP contribution < -0.4 is 15.9 Å². The molecular weight excluding hydrogens is 484 g/mol. The van der Waals surface area contributed by atoms with E-state index in [0.717, 1.165) is 9.48 Å². The smallest absolute Gasteiger partial charge is 0.276 e. The minimum Gasteiger partial charge on any atom is -0.359 e. The fourth-order valence-electron chi connectivity index (χ4n) is 3.32. The minimum absolute atomic E-state index is 0.161. The maximum atomic E-state index is 13.2. The van der Waals surface area contributed by atoms with Gasteiger partial charge in [-0.15, -0.1) is 0 Å². The van der Waals surface area contributed by atoms with Gasteiger partial charge in [0.05, 0.1) is 16.0 Å². The second kappa shape index (κ2) is 8.14. The zero-order valence-electron chi connectivity index (χ0n) is 15.9. The predicted molar refractivity (Wildman–Crippen MR) is 118 cm³/mol. The molecule has 0 fully saturated rings. The third-order valence-corrected chi connectivity index (χ3v) is 6.27. The molecule has 0 spiro atoms. The number of para-hydroxylation sites is 1. The number of sulfonamides is 1. The summed E-state index contributed by atoms with van der Waals surface area (Å²) in [6.45, 7) is 0. The van der Waals surface area contributed by atoms with E-state index < -0.39 is 28.0 Å². The van der Waals surface area contributed by atoms with Crippen molar-refractivity contribution in [3.63, 3.8) is 0 Å². The van der Waals surface area contributed by atoms with Crippen LogP contribution in [0, 0.1) is 0 Å². The van der Waals surface area contributed by atoms with Crippen molar-refractivity contribution in [3.8, 4) is 0 Å². The average molecular weight is 501 g/mol. The lowest BCUT2D eigenvalue weighted by Gasteiger charge is -2.37. The molecule has 10 heteroatoms. The molecular formula is C21H17BrN4O4S. The van der Waals surface area contributed by atoms with E-state index in [1.54, 1.807) is 36.4 Å². The van der Waals surface area contributed by atoms with Crippen LogP contribution in [0.15, 0.2) is 82.2 Å². The normalized spacial score (nSPS) is 15.7. The van der Waals surface area contributed by atoms with Crippen LogP contribution in [0.25, 0.3) is 0 Å². The molecule has 4 rings (SSSR count). The highest BCUT2D eigenvalue weighted by Gasteiger charge is 2.35. The van der Waals surface area contributed by atoms with Gasteiger partial charge < -0.3 is 5.32 Å². The number of anilines is 1. The molecule has 1 atom stereocenters. The molecule has 8 nitrogen and oxygen atoms in total. The second-order valence-corrected chi connectivity index (χ2v) is 9.25. The summed E-state index contributed by atoms with van der Waals surface area (Å²) < 4.78 is 24.7. The summed E-state index contributed by atoms with van der Waals surface area (Å²) in [6, 6.07) is 19.7. The molecule has 2 amide bonds. The van der Waals surface area contributed by atoms with Gasteiger partial charge in [0, 0.05) is 10.2 Å². The second-order valence-electron chi connectivity index (χ2n) is 6.80. The zero-order chi connectivity index (χ0) is 22.2. The maximum absolute atomic E-state index is 13.2. The molecule has 0 saturated carbocycles. The summed E-state index contributed by atoms with van der Waals surface area (Å²) in [5, 5.41) is 9.64. The molecule has 0 bridgehead atoms. The predicted octanol–water partition coefficient (Wildman–Crippen LogP) is 3.01. The van der Waals surface area contributed by atoms with Crippen LogP contribution >= 0.6 is 15.9 Å². The van der Waals surface area contributed by atoms with E-state index in [0.29, 0.717) is 16.8 Å². The fraction of sp³-hybridized carbons (Fsp3) is 0.0476. The van der Waals surface area contributed by atoms with E-state index in [9.17, 15) is 18.0 Å². The standard InChI is InChI=1S/C21H17BrN4O4S/c22-14-11-9-13(10-12-14)19-24-17-7-3-1-5-15(17)21(28)26(19)25-20(27)16-6-2-4-8-18(16)31(23,29)30/h1-12,19,24H,(H,25,27)(H2,23,29,30). The lowest BCUT2D eigenvalue weighted by Crippen LogP contribution is -2.53. The first kappa shape index (κ1) is 21.0. The van der Waals surface area contributed by atoms with Crippen LogP contribution in [0.1, 0.15) is 32.4 Å². The Morgan fingerprint density at radius 2 is 1.65 bits per heavy atom. The van der Waals surface area contributed by atoms with Crippen LogP contribution in [-0.2, 0) is 10.0 Å². The van der Waals surface area contributed by atoms with Gasteiger partial charge in [-0.2, -0.15) is 0 Å². The van der Waals surface area contributed by atoms with Crippen molar-refractivity contribution < 1.29 is 18.0 Å². The van der Waals surface area contributed by atoms with Gasteiger partial charge in [0.2, 0.25) is 10.0 Å². The van der Waals surface area contributed by atoms with Crippen LogP contribution in [-0.4, -0.2) is 25.2 Å². The minimum atomic E-state index is -4.14. The number of carbonyl (C=O) groups is 2. The van der Waals surface area contributed by atoms with E-state index in [-0.39, 0.29) is 10.5 Å². The number of nitrogens with zero attached hydrogens (tertiary/aromatic N) is 1. The number of carbonyl (C=O) groups excluding carboxylic acids is 2. The van der Waals surface area contributed by atoms with Gasteiger partial charge in [-0.25, -0.2) is 18.6 Å². The average Bonchev–Trinajstić information content (AvgIpc) is 2.75. The quantitative estimate of drug-likeness (QED) is 0.508. The number of halogens is 1. The molecule has 1 aliphatic heterocycles. The summed E-state index contributed by atoms with van der Waals surface area (Å²) in [4.78, 5) is 25.9. The first-order chi connectivity index (χ1) is 14.8. The lowest BCUT2D eigenvalue weighted by atomic mass is 10.0. The van der Waals surface area contributed by atoms with Gasteiger partial charge in [0.1, 0.15) is 6.17 Å². The van der Waals surface area contributed by atoms with Crippen molar-refractivity contribution in [2.45, 2.75) is 11.1 Å². The van der Waals surface area contributed by atoms with E-state index in [1.165, 1.54) is 24.3 Å². The van der Waals surface area contributed by atoms with E-state index in [1.807, 2.05) is 12.1 Å². The first-order valence-corrected chi connectivity index (χ1v) is 11.5. The Hall–Kier alpha value is -3.21. The van der Waals surface area contributed by atoms with E-state index in [2.05, 4.69) is 26.7 Å². The van der Waals surface area contributed by atoms with Crippen molar-refractivity contribution in [2.75, 3.05) is 5.32 Å². The highest BCUT2D eigenvalue weighted by atomic mass is 79.9. The van der Waals surface area contributed by atoms with Crippen LogP contribution in [0.2, 0.25) is 0 Å². The molecule has 0 saturated heterocycles. The number of hydrazine groups is 1. The number of nitrogens with one attached hydrogen (secondary N) is 2. The van der Waals surface area contributed by atoms with Gasteiger partial charge >= 0.3 is 0 Å². The third kappa shape index (κ3) is 4.18. The number of hydrogen-bond acceptors (Lipinski definition) is 5. The Balaban J connectivity index is 1.75. The number of amides is 2. The monoisotopic (exact) mass is 500 g/mol. The summed E-state index contributed by atoms with van der Waals surface area (Å²) in [5.41, 5.74) is 4.10. The first-order valence-electron chi connectivity index (χ1n) is 9.13. The highest BCUT2D eigenvalue weighted by Crippen LogP contribution is 2.32. The Bertz CT molecular complexity index is 1280. The SMILES string of the molecule is NS(=O)(=O)c1ccccc1C(=O)NN1C(=O)c2ccccc2NC1c1ccc(Br)cc1. The number of fused-ring (bicyclic) bond motifs is 1. The molecule has 3 aromatic carbocycles. The van der Waals surface area contributed by atoms with Crippen molar-refractivity contribution in [1.82, 2.24) is 10.4 Å². The molecule has 4 N–H and O–H groups in total. The Morgan fingerprint density at radius 1 is 1.00 bits per heavy atom. The lowest BCUT2D eigenvalue weighted by molar-refractivity contribution is 0.0489. The number of primary sulfonamides is 1. The molecule has 0 radical (unpaired) electrons. The highest BCUT2D eigenvalue weighted by molar-refractivity contribution is 9.10. The number of benzene rings is 3. The number of rotatable bonds is 4. The molecule has 1 heterocycles. The molecule has 158 valence electrons. The Kier molecular flexibility index (Phi) is 5.52. The summed E-state index contributed by atoms with van der Waals surface area (Å²) in [6.07, 6.45) is -0.721. The molecule has 0 aliphatic carbocycles. The van der Waals surface area contributed by atoms with Gasteiger partial charge in [0.25, 0.3) is 11.8 Å². The molecule has 1 aliphatic rings. The topological polar surface area (TPSA) is 122 Å². The third-order valence-electron chi connectivity index (χ3n) is 4.77. The molecule has 0 aromatic heterocycles. The number of nitrogens with two attached hydrogens (primary N) is 1. The van der Waals surface area contributed by atoms with Gasteiger partial charge in [-0.1, -0.05) is 52.3 Å². The van der Waals surface area contributed by atoms with Gasteiger partial charge in [0.15, 0.2) is 0 Å². The van der Waals surface area contributed by atoms with Crippen LogP contribution in [0.4, 0.5) is 5.69 Å². The molecule has 31 heavy (non-hydrogen) atoms. The van der Waals surface area contributed by atoms with Crippen molar-refractivity contribution in [1.29, 1.82) is 0 Å². The van der Waals surface area contributed by atoms with Gasteiger partial charge in [-0.3, -0.25) is 15.0 Å². The summed E-state index contributed by atoms with van der Waals surface area (Å²) >= 11 is 3.38. The Labute approximate surface area is 187 Å². The zero-order valence-corrected chi connectivity index (χ0v) is 18.4. The van der Waals surface area contributed by atoms with Crippen molar-refractivity contribution in [3.05, 3.63) is 94.0 Å². The van der Waals surface area contributed by atoms with Crippen molar-refractivity contribution >= 4 is 43.5 Å². The maximum Gasteiger partial charge on any atom is 0.276 e. The largest absolute Gasteiger partial charge is 0.359 e. The van der Waals surface area contributed by atoms with Crippen LogP contribution in [0.5, 0.6) is 0 Å².